The summed E-state index contributed by atoms with van der Waals surface area (Å²) in [7, 11) is 1.50. The topological polar surface area (TPSA) is 143 Å². The van der Waals surface area contributed by atoms with Crippen LogP contribution in [-0.4, -0.2) is 35.2 Å². The van der Waals surface area contributed by atoms with E-state index < -0.39 is 34.6 Å². The summed E-state index contributed by atoms with van der Waals surface area (Å²) < 4.78 is 5.04. The summed E-state index contributed by atoms with van der Waals surface area (Å²) in [6.45, 7) is 0. The number of nitrogens with one attached hydrogen (secondary N) is 2. The number of carbonyl (C=O) groups excluding carboxylic acids is 2. The number of nitro benzene ring substituents is 1. The number of benzene rings is 2. The van der Waals surface area contributed by atoms with Crippen molar-refractivity contribution in [3.63, 3.8) is 0 Å². The van der Waals surface area contributed by atoms with Gasteiger partial charge in [-0.1, -0.05) is 6.07 Å². The molecule has 0 spiro atoms. The van der Waals surface area contributed by atoms with Crippen molar-refractivity contribution in [3.05, 3.63) is 58.1 Å². The number of phenols is 1. The number of nitro groups is 1. The highest BCUT2D eigenvalue weighted by Crippen LogP contribution is 2.25. The fourth-order valence-electron chi connectivity index (χ4n) is 2.04. The number of phenolic OH excluding ortho intramolecular Hbond substituents is 1. The lowest BCUT2D eigenvalue weighted by molar-refractivity contribution is -0.385. The maximum absolute atomic E-state index is 11.8. The van der Waals surface area contributed by atoms with Crippen LogP contribution in [0, 0.1) is 10.1 Å². The molecule has 2 rings (SSSR count). The molecule has 0 bridgehead atoms. The molecule has 3 N–H and O–H groups in total. The fourth-order valence-corrected chi connectivity index (χ4v) is 2.04. The molecule has 0 unspecified atom stereocenters. The Morgan fingerprint density at radius 3 is 2.74 bits per heavy atom. The van der Waals surface area contributed by atoms with Gasteiger partial charge in [-0.2, -0.15) is 5.10 Å². The summed E-state index contributed by atoms with van der Waals surface area (Å²) in [6, 6.07) is 10.3. The minimum absolute atomic E-state index is 0.292. The van der Waals surface area contributed by atoms with Crippen LogP contribution in [0.4, 0.5) is 11.4 Å². The highest BCUT2D eigenvalue weighted by atomic mass is 16.6. The van der Waals surface area contributed by atoms with Gasteiger partial charge in [0.1, 0.15) is 12.2 Å². The average Bonchev–Trinajstić information content (AvgIpc) is 2.62. The molecule has 10 nitrogen and oxygen atoms in total. The maximum Gasteiger partial charge on any atom is 0.311 e. The Balaban J connectivity index is 1.88. The second kappa shape index (κ2) is 8.94. The molecule has 2 aromatic rings. The Morgan fingerprint density at radius 1 is 1.26 bits per heavy atom. The molecule has 2 amide bonds. The molecule has 0 saturated heterocycles. The number of anilines is 1. The van der Waals surface area contributed by atoms with Crippen LogP contribution >= 0.6 is 0 Å². The molecule has 0 radical (unpaired) electrons. The fraction of sp³-hybridized carbons (Fsp3) is 0.118. The predicted octanol–water partition coefficient (Wildman–Crippen LogP) is 1.79. The lowest BCUT2D eigenvalue weighted by Crippen LogP contribution is -2.24. The number of amides is 2. The van der Waals surface area contributed by atoms with Crippen molar-refractivity contribution in [3.8, 4) is 11.5 Å². The third-order valence-electron chi connectivity index (χ3n) is 3.27. The molecule has 0 fully saturated rings. The lowest BCUT2D eigenvalue weighted by atomic mass is 10.2. The third-order valence-corrected chi connectivity index (χ3v) is 3.27. The highest BCUT2D eigenvalue weighted by molar-refractivity contribution is 6.03. The Morgan fingerprint density at radius 2 is 2.04 bits per heavy atom. The van der Waals surface area contributed by atoms with E-state index in [1.807, 2.05) is 0 Å². The van der Waals surface area contributed by atoms with Crippen LogP contribution in [0.1, 0.15) is 12.0 Å². The van der Waals surface area contributed by atoms with Crippen LogP contribution in [0.2, 0.25) is 0 Å². The summed E-state index contributed by atoms with van der Waals surface area (Å²) in [5.41, 5.74) is 2.43. The van der Waals surface area contributed by atoms with Crippen LogP contribution in [0.5, 0.6) is 11.5 Å². The number of aromatic hydroxyl groups is 1. The summed E-state index contributed by atoms with van der Waals surface area (Å²) >= 11 is 0. The van der Waals surface area contributed by atoms with Gasteiger partial charge in [-0.15, -0.1) is 0 Å². The number of ether oxygens (including phenoxy) is 1. The Kier molecular flexibility index (Phi) is 6.42. The van der Waals surface area contributed by atoms with Crippen LogP contribution in [0.25, 0.3) is 0 Å². The van der Waals surface area contributed by atoms with Crippen molar-refractivity contribution in [1.29, 1.82) is 0 Å². The zero-order valence-electron chi connectivity index (χ0n) is 14.2. The molecule has 0 heterocycles. The first-order valence-electron chi connectivity index (χ1n) is 7.62. The van der Waals surface area contributed by atoms with Crippen LogP contribution < -0.4 is 15.5 Å². The van der Waals surface area contributed by atoms with Gasteiger partial charge in [0.05, 0.1) is 18.2 Å². The highest BCUT2D eigenvalue weighted by Gasteiger charge is 2.13. The molecule has 0 aliphatic heterocycles. The number of hydrogen-bond acceptors (Lipinski definition) is 7. The first-order valence-corrected chi connectivity index (χ1v) is 7.62. The molecule has 0 aliphatic rings. The molecule has 27 heavy (non-hydrogen) atoms. The van der Waals surface area contributed by atoms with Gasteiger partial charge in [-0.3, -0.25) is 19.7 Å². The van der Waals surface area contributed by atoms with Gasteiger partial charge in [-0.05, 0) is 24.3 Å². The molecule has 140 valence electrons. The average molecular weight is 372 g/mol. The van der Waals surface area contributed by atoms with E-state index in [0.717, 1.165) is 18.3 Å². The van der Waals surface area contributed by atoms with Gasteiger partial charge in [0, 0.05) is 23.4 Å². The zero-order valence-corrected chi connectivity index (χ0v) is 14.2. The van der Waals surface area contributed by atoms with E-state index in [1.165, 1.54) is 13.2 Å². The molecular formula is C17H16N4O6. The van der Waals surface area contributed by atoms with Crippen molar-refractivity contribution < 1.29 is 24.4 Å². The first-order chi connectivity index (χ1) is 12.9. The van der Waals surface area contributed by atoms with Gasteiger partial charge in [-0.25, -0.2) is 5.43 Å². The van der Waals surface area contributed by atoms with Crippen molar-refractivity contribution in [1.82, 2.24) is 5.43 Å². The van der Waals surface area contributed by atoms with E-state index in [1.54, 1.807) is 24.3 Å². The molecule has 0 atom stereocenters. The predicted molar refractivity (Wildman–Crippen MR) is 96.7 cm³/mol. The molecule has 0 aromatic heterocycles. The molecular weight excluding hydrogens is 356 g/mol. The standard InChI is InChI=1S/C17H16N4O6/c1-27-13-4-2-3-12(8-13)19-16(23)9-17(24)20-18-10-11-5-6-15(22)14(7-11)21(25)26/h2-8,10,22H,9H2,1H3,(H,19,23)(H,20,24). The number of carbonyl (C=O) groups is 2. The van der Waals surface area contributed by atoms with Crippen molar-refractivity contribution >= 4 is 29.4 Å². The lowest BCUT2D eigenvalue weighted by Gasteiger charge is -2.06. The zero-order chi connectivity index (χ0) is 19.8. The molecule has 10 heteroatoms. The van der Waals surface area contributed by atoms with Crippen molar-refractivity contribution in [2.45, 2.75) is 6.42 Å². The number of hydrazone groups is 1. The van der Waals surface area contributed by atoms with E-state index in [2.05, 4.69) is 15.8 Å². The minimum Gasteiger partial charge on any atom is -0.502 e. The second-order valence-corrected chi connectivity index (χ2v) is 5.26. The molecule has 0 saturated carbocycles. The number of rotatable bonds is 7. The third kappa shape index (κ3) is 5.81. The SMILES string of the molecule is COc1cccc(NC(=O)CC(=O)NN=Cc2ccc(O)c([N+](=O)[O-])c2)c1. The summed E-state index contributed by atoms with van der Waals surface area (Å²) in [4.78, 5) is 33.6. The van der Waals surface area contributed by atoms with Crippen LogP contribution in [0.15, 0.2) is 47.6 Å². The van der Waals surface area contributed by atoms with E-state index in [0.29, 0.717) is 17.0 Å². The minimum atomic E-state index is -0.742. The Labute approximate surface area is 153 Å². The van der Waals surface area contributed by atoms with Crippen molar-refractivity contribution in [2.24, 2.45) is 5.10 Å². The maximum atomic E-state index is 11.8. The Hall–Kier alpha value is -3.95. The van der Waals surface area contributed by atoms with Gasteiger partial charge in [0.15, 0.2) is 5.75 Å². The van der Waals surface area contributed by atoms with E-state index >= 15 is 0 Å². The quantitative estimate of drug-likeness (QED) is 0.293. The number of hydrogen-bond donors (Lipinski definition) is 3. The summed E-state index contributed by atoms with van der Waals surface area (Å²) in [6.07, 6.45) is 0.689. The van der Waals surface area contributed by atoms with Crippen LogP contribution in [-0.2, 0) is 9.59 Å². The summed E-state index contributed by atoms with van der Waals surface area (Å²) in [5, 5.41) is 26.3. The van der Waals surface area contributed by atoms with Gasteiger partial charge >= 0.3 is 5.69 Å². The molecule has 2 aromatic carbocycles. The van der Waals surface area contributed by atoms with Gasteiger partial charge < -0.3 is 15.2 Å². The second-order valence-electron chi connectivity index (χ2n) is 5.26. The normalized spacial score (nSPS) is 10.4. The van der Waals surface area contributed by atoms with Crippen molar-refractivity contribution in [2.75, 3.05) is 12.4 Å². The Bertz CT molecular complexity index is 897. The molecule has 0 aliphatic carbocycles. The number of nitrogens with zero attached hydrogens (tertiary/aromatic N) is 2. The van der Waals surface area contributed by atoms with E-state index in [9.17, 15) is 24.8 Å². The van der Waals surface area contributed by atoms with E-state index in [-0.39, 0.29) is 0 Å². The monoisotopic (exact) mass is 372 g/mol. The van der Waals surface area contributed by atoms with Gasteiger partial charge in [0.25, 0.3) is 0 Å². The first kappa shape index (κ1) is 19.4. The van der Waals surface area contributed by atoms with Gasteiger partial charge in [0.2, 0.25) is 11.8 Å². The smallest absolute Gasteiger partial charge is 0.311 e. The van der Waals surface area contributed by atoms with E-state index in [4.69, 9.17) is 4.74 Å². The largest absolute Gasteiger partial charge is 0.502 e. The summed E-state index contributed by atoms with van der Waals surface area (Å²) in [5.74, 6) is -1.13. The number of methoxy groups -OCH3 is 1. The van der Waals surface area contributed by atoms with Crippen LogP contribution in [0.3, 0.4) is 0 Å².